The molecular formula is C15H16N3O2S+. The summed E-state index contributed by atoms with van der Waals surface area (Å²) in [6.45, 7) is 1.91. The van der Waals surface area contributed by atoms with Gasteiger partial charge in [0.1, 0.15) is 0 Å². The number of benzene rings is 1. The molecule has 1 aliphatic heterocycles. The SMILES string of the molecule is Cc1ccccc1N1C(=O)C(C=[NH+]C2CC2)C(=O)NC1=S. The zero-order valence-electron chi connectivity index (χ0n) is 11.6. The van der Waals surface area contributed by atoms with Crippen LogP contribution in [0.25, 0.3) is 0 Å². The maximum atomic E-state index is 12.6. The smallest absolute Gasteiger partial charge is 0.256 e. The Balaban J connectivity index is 1.92. The first-order valence-electron chi connectivity index (χ1n) is 6.92. The molecule has 1 aromatic carbocycles. The van der Waals surface area contributed by atoms with Crippen molar-refractivity contribution in [3.05, 3.63) is 29.8 Å². The highest BCUT2D eigenvalue weighted by Gasteiger charge is 2.41. The van der Waals surface area contributed by atoms with Crippen LogP contribution in [0.3, 0.4) is 0 Å². The molecule has 1 heterocycles. The van der Waals surface area contributed by atoms with Crippen molar-refractivity contribution < 1.29 is 14.6 Å². The van der Waals surface area contributed by atoms with Crippen molar-refractivity contribution in [2.75, 3.05) is 4.90 Å². The number of nitrogens with one attached hydrogen (secondary N) is 2. The third-order valence-corrected chi connectivity index (χ3v) is 3.92. The second-order valence-electron chi connectivity index (χ2n) is 5.34. The predicted molar refractivity (Wildman–Crippen MR) is 82.9 cm³/mol. The molecule has 0 spiro atoms. The molecule has 1 saturated carbocycles. The molecule has 1 atom stereocenters. The van der Waals surface area contributed by atoms with E-state index in [2.05, 4.69) is 10.3 Å². The minimum absolute atomic E-state index is 0.135. The van der Waals surface area contributed by atoms with Crippen LogP contribution < -0.4 is 15.2 Å². The summed E-state index contributed by atoms with van der Waals surface area (Å²) < 4.78 is 0. The van der Waals surface area contributed by atoms with E-state index in [-0.39, 0.29) is 16.9 Å². The molecule has 2 fully saturated rings. The lowest BCUT2D eigenvalue weighted by Gasteiger charge is -2.31. The van der Waals surface area contributed by atoms with Crippen LogP contribution in [0.5, 0.6) is 0 Å². The number of hydrogen-bond acceptors (Lipinski definition) is 3. The molecule has 2 amide bonds. The van der Waals surface area contributed by atoms with Gasteiger partial charge in [-0.2, -0.15) is 0 Å². The minimum atomic E-state index is -0.850. The van der Waals surface area contributed by atoms with E-state index in [1.807, 2.05) is 31.2 Å². The Morgan fingerprint density at radius 1 is 1.33 bits per heavy atom. The fourth-order valence-corrected chi connectivity index (χ4v) is 2.55. The summed E-state index contributed by atoms with van der Waals surface area (Å²) in [7, 11) is 0. The third kappa shape index (κ3) is 2.71. The quantitative estimate of drug-likeness (QED) is 0.457. The standard InChI is InChI=1S/C15H15N3O2S/c1-9-4-2-3-5-12(9)18-14(20)11(8-16-10-6-7-10)13(19)17-15(18)21/h2-5,8,10-11H,6-7H2,1H3,(H,17,19,21)/p+1. The molecule has 6 heteroatoms. The summed E-state index contributed by atoms with van der Waals surface area (Å²) in [5, 5.41) is 2.74. The van der Waals surface area contributed by atoms with Crippen molar-refractivity contribution in [2.45, 2.75) is 25.8 Å². The molecule has 2 aliphatic rings. The van der Waals surface area contributed by atoms with Gasteiger partial charge in [0.25, 0.3) is 5.91 Å². The van der Waals surface area contributed by atoms with Crippen LogP contribution in [0.15, 0.2) is 24.3 Å². The number of anilines is 1. The van der Waals surface area contributed by atoms with E-state index in [0.29, 0.717) is 11.7 Å². The molecule has 1 unspecified atom stereocenters. The second-order valence-corrected chi connectivity index (χ2v) is 5.73. The summed E-state index contributed by atoms with van der Waals surface area (Å²) in [6, 6.07) is 7.86. The third-order valence-electron chi connectivity index (χ3n) is 3.63. The van der Waals surface area contributed by atoms with E-state index < -0.39 is 5.92 Å². The summed E-state index contributed by atoms with van der Waals surface area (Å²) in [5.41, 5.74) is 1.63. The van der Waals surface area contributed by atoms with Crippen molar-refractivity contribution in [2.24, 2.45) is 5.92 Å². The number of carbonyl (C=O) groups is 2. The molecule has 0 radical (unpaired) electrons. The first kappa shape index (κ1) is 13.9. The Kier molecular flexibility index (Phi) is 3.55. The van der Waals surface area contributed by atoms with Crippen LogP contribution in [0, 0.1) is 12.8 Å². The number of amides is 2. The van der Waals surface area contributed by atoms with Crippen molar-refractivity contribution >= 4 is 41.0 Å². The number of thiocarbonyl (C=S) groups is 1. The highest BCUT2D eigenvalue weighted by molar-refractivity contribution is 7.80. The molecule has 1 saturated heterocycles. The van der Waals surface area contributed by atoms with Gasteiger partial charge in [-0.1, -0.05) is 18.2 Å². The van der Waals surface area contributed by atoms with Crippen molar-refractivity contribution in [1.29, 1.82) is 0 Å². The summed E-state index contributed by atoms with van der Waals surface area (Å²) in [4.78, 5) is 29.1. The molecule has 1 aromatic rings. The maximum Gasteiger partial charge on any atom is 0.256 e. The summed E-state index contributed by atoms with van der Waals surface area (Å²) in [6.07, 6.45) is 3.75. The highest BCUT2D eigenvalue weighted by Crippen LogP contribution is 2.23. The average Bonchev–Trinajstić information content (AvgIpc) is 3.24. The van der Waals surface area contributed by atoms with Gasteiger partial charge in [0.05, 0.1) is 5.69 Å². The molecule has 0 bridgehead atoms. The van der Waals surface area contributed by atoms with E-state index in [4.69, 9.17) is 12.2 Å². The van der Waals surface area contributed by atoms with Gasteiger partial charge in [-0.3, -0.25) is 14.5 Å². The van der Waals surface area contributed by atoms with Gasteiger partial charge < -0.3 is 5.32 Å². The maximum absolute atomic E-state index is 12.6. The number of rotatable bonds is 3. The molecule has 1 aliphatic carbocycles. The van der Waals surface area contributed by atoms with Gasteiger partial charge >= 0.3 is 0 Å². The number of hydrogen-bond donors (Lipinski definition) is 2. The molecular weight excluding hydrogens is 286 g/mol. The van der Waals surface area contributed by atoms with Crippen LogP contribution in [-0.4, -0.2) is 29.2 Å². The van der Waals surface area contributed by atoms with E-state index >= 15 is 0 Å². The lowest BCUT2D eigenvalue weighted by atomic mass is 10.0. The normalized spacial score (nSPS) is 22.8. The van der Waals surface area contributed by atoms with E-state index in [1.165, 1.54) is 4.90 Å². The number of aryl methyl sites for hydroxylation is 1. The van der Waals surface area contributed by atoms with Crippen LogP contribution in [0.1, 0.15) is 18.4 Å². The first-order valence-corrected chi connectivity index (χ1v) is 7.32. The number of carbonyl (C=O) groups excluding carboxylic acids is 2. The topological polar surface area (TPSA) is 63.4 Å². The predicted octanol–water partition coefficient (Wildman–Crippen LogP) is -0.327. The minimum Gasteiger partial charge on any atom is -0.301 e. The Morgan fingerprint density at radius 3 is 2.71 bits per heavy atom. The van der Waals surface area contributed by atoms with E-state index in [1.54, 1.807) is 6.21 Å². The van der Waals surface area contributed by atoms with Crippen LogP contribution in [-0.2, 0) is 9.59 Å². The second kappa shape index (κ2) is 5.37. The van der Waals surface area contributed by atoms with Gasteiger partial charge in [-0.05, 0) is 30.8 Å². The van der Waals surface area contributed by atoms with Gasteiger partial charge in [0.2, 0.25) is 5.91 Å². The Bertz CT molecular complexity index is 652. The van der Waals surface area contributed by atoms with Crippen LogP contribution in [0.2, 0.25) is 0 Å². The molecule has 21 heavy (non-hydrogen) atoms. The van der Waals surface area contributed by atoms with E-state index in [0.717, 1.165) is 18.4 Å². The Labute approximate surface area is 128 Å². The fraction of sp³-hybridized carbons (Fsp3) is 0.333. The van der Waals surface area contributed by atoms with Gasteiger partial charge in [0.15, 0.2) is 23.3 Å². The zero-order chi connectivity index (χ0) is 15.0. The van der Waals surface area contributed by atoms with Crippen molar-refractivity contribution in [3.63, 3.8) is 0 Å². The molecule has 2 N–H and O–H groups in total. The lowest BCUT2D eigenvalue weighted by Crippen LogP contribution is -2.74. The van der Waals surface area contributed by atoms with Crippen molar-refractivity contribution in [3.8, 4) is 0 Å². The first-order chi connectivity index (χ1) is 10.1. The fourth-order valence-electron chi connectivity index (χ4n) is 2.26. The Morgan fingerprint density at radius 2 is 2.05 bits per heavy atom. The number of nitrogens with zero attached hydrogens (tertiary/aromatic N) is 1. The molecule has 0 aromatic heterocycles. The van der Waals surface area contributed by atoms with Crippen LogP contribution in [0.4, 0.5) is 5.69 Å². The van der Waals surface area contributed by atoms with Gasteiger partial charge in [0, 0.05) is 12.8 Å². The lowest BCUT2D eigenvalue weighted by molar-refractivity contribution is -0.469. The summed E-state index contributed by atoms with van der Waals surface area (Å²) in [5.74, 6) is -1.54. The molecule has 108 valence electrons. The summed E-state index contributed by atoms with van der Waals surface area (Å²) >= 11 is 5.16. The van der Waals surface area contributed by atoms with E-state index in [9.17, 15) is 9.59 Å². The van der Waals surface area contributed by atoms with Gasteiger partial charge in [-0.25, -0.2) is 4.99 Å². The number of para-hydroxylation sites is 1. The largest absolute Gasteiger partial charge is 0.301 e. The van der Waals surface area contributed by atoms with Gasteiger partial charge in [-0.15, -0.1) is 0 Å². The molecule has 3 rings (SSSR count). The average molecular weight is 302 g/mol. The van der Waals surface area contributed by atoms with Crippen LogP contribution >= 0.6 is 12.2 Å². The Hall–Kier alpha value is -2.08. The highest BCUT2D eigenvalue weighted by atomic mass is 32.1. The molecule has 5 nitrogen and oxygen atoms in total. The van der Waals surface area contributed by atoms with Crippen molar-refractivity contribution in [1.82, 2.24) is 5.32 Å². The monoisotopic (exact) mass is 302 g/mol. The zero-order valence-corrected chi connectivity index (χ0v) is 12.4.